The van der Waals surface area contributed by atoms with Gasteiger partial charge in [0, 0.05) is 34.6 Å². The second-order valence-electron chi connectivity index (χ2n) is 11.4. The van der Waals surface area contributed by atoms with Crippen LogP contribution in [0.3, 0.4) is 0 Å². The Morgan fingerprint density at radius 2 is 1.47 bits per heavy atom. The maximum Gasteiger partial charge on any atom is 0.416 e. The molecule has 0 radical (unpaired) electrons. The van der Waals surface area contributed by atoms with E-state index >= 15 is 0 Å². The van der Waals surface area contributed by atoms with Crippen LogP contribution in [0.15, 0.2) is 72.8 Å². The molecule has 6 nitrogen and oxygen atoms in total. The number of hydrogen-bond acceptors (Lipinski definition) is 3. The SMILES string of the molecule is CC(C)C1NC(=O)C(C(c2ccccc2)c2[nH]c3ccccc3c2CCNC(=O)c2cc(C(F)(F)F)cc(C(F)(F)F)c2)C1=O. The number of carbonyl (C=O) groups is 3. The van der Waals surface area contributed by atoms with Gasteiger partial charge >= 0.3 is 12.4 Å². The highest BCUT2D eigenvalue weighted by Gasteiger charge is 2.48. The van der Waals surface area contributed by atoms with E-state index in [2.05, 4.69) is 15.6 Å². The number of H-pyrrole nitrogens is 1. The standard InChI is InChI=1S/C33H29F6N3O3/c1-17(2)27-29(43)26(31(45)42-27)25(18-8-4-3-5-9-18)28-23(22-10-6-7-11-24(22)41-28)12-13-40-30(44)19-14-20(32(34,35)36)16-21(15-19)33(37,38)39/h3-11,14-17,25-27,41H,12-13H2,1-2H3,(H,40,44)(H,42,45). The minimum atomic E-state index is -5.10. The highest BCUT2D eigenvalue weighted by molar-refractivity contribution is 6.11. The number of nitrogens with one attached hydrogen (secondary N) is 3. The van der Waals surface area contributed by atoms with Gasteiger partial charge in [0.1, 0.15) is 5.92 Å². The van der Waals surface area contributed by atoms with Gasteiger partial charge in [0.25, 0.3) is 5.91 Å². The maximum absolute atomic E-state index is 13.6. The van der Waals surface area contributed by atoms with Crippen molar-refractivity contribution in [3.05, 3.63) is 106 Å². The Bertz CT molecular complexity index is 1710. The van der Waals surface area contributed by atoms with Gasteiger partial charge in [-0.3, -0.25) is 14.4 Å². The fourth-order valence-corrected chi connectivity index (χ4v) is 5.88. The Morgan fingerprint density at radius 1 is 0.867 bits per heavy atom. The number of para-hydroxylation sites is 1. The fourth-order valence-electron chi connectivity index (χ4n) is 5.88. The first kappa shape index (κ1) is 31.8. The second kappa shape index (κ2) is 12.1. The Balaban J connectivity index is 1.50. The van der Waals surface area contributed by atoms with Crippen LogP contribution in [-0.4, -0.2) is 35.2 Å². The highest BCUT2D eigenvalue weighted by atomic mass is 19.4. The van der Waals surface area contributed by atoms with Crippen LogP contribution in [0.1, 0.15) is 58.1 Å². The molecule has 3 atom stereocenters. The van der Waals surface area contributed by atoms with Crippen molar-refractivity contribution in [3.63, 3.8) is 0 Å². The second-order valence-corrected chi connectivity index (χ2v) is 11.4. The number of ketones is 1. The van der Waals surface area contributed by atoms with Gasteiger partial charge in [0.15, 0.2) is 5.78 Å². The van der Waals surface area contributed by atoms with Crippen LogP contribution in [0.4, 0.5) is 26.3 Å². The maximum atomic E-state index is 13.6. The van der Waals surface area contributed by atoms with Gasteiger partial charge in [-0.05, 0) is 47.7 Å². The number of amides is 2. The molecule has 5 rings (SSSR count). The minimum absolute atomic E-state index is 0.0387. The number of carbonyl (C=O) groups excluding carboxylic acids is 3. The van der Waals surface area contributed by atoms with E-state index < -0.39 is 58.7 Å². The van der Waals surface area contributed by atoms with E-state index in [1.54, 1.807) is 48.5 Å². The lowest BCUT2D eigenvalue weighted by atomic mass is 9.78. The molecule has 3 aromatic carbocycles. The van der Waals surface area contributed by atoms with Gasteiger partial charge in [-0.2, -0.15) is 26.3 Å². The summed E-state index contributed by atoms with van der Waals surface area (Å²) in [5, 5.41) is 5.98. The molecule has 0 saturated carbocycles. The summed E-state index contributed by atoms with van der Waals surface area (Å²) in [7, 11) is 0. The number of Topliss-reactive ketones (excluding diaryl/α,β-unsaturated/α-hetero) is 1. The van der Waals surface area contributed by atoms with Crippen molar-refractivity contribution < 1.29 is 40.7 Å². The zero-order valence-electron chi connectivity index (χ0n) is 24.1. The molecular weight excluding hydrogens is 600 g/mol. The Kier molecular flexibility index (Phi) is 8.52. The third-order valence-corrected chi connectivity index (χ3v) is 8.02. The van der Waals surface area contributed by atoms with Crippen LogP contribution in [0.5, 0.6) is 0 Å². The largest absolute Gasteiger partial charge is 0.416 e. The van der Waals surface area contributed by atoms with Crippen molar-refractivity contribution in [1.82, 2.24) is 15.6 Å². The van der Waals surface area contributed by atoms with E-state index in [0.717, 1.165) is 5.39 Å². The highest BCUT2D eigenvalue weighted by Crippen LogP contribution is 2.41. The Morgan fingerprint density at radius 3 is 2.04 bits per heavy atom. The summed E-state index contributed by atoms with van der Waals surface area (Å²) < 4.78 is 80.1. The average molecular weight is 630 g/mol. The topological polar surface area (TPSA) is 91.1 Å². The molecule has 0 aliphatic carbocycles. The van der Waals surface area contributed by atoms with Crippen LogP contribution < -0.4 is 10.6 Å². The average Bonchev–Trinajstić information content (AvgIpc) is 3.49. The molecule has 4 aromatic rings. The normalized spacial score (nSPS) is 18.0. The van der Waals surface area contributed by atoms with Crippen molar-refractivity contribution >= 4 is 28.5 Å². The number of aromatic amines is 1. The molecule has 1 aliphatic rings. The summed E-state index contributed by atoms with van der Waals surface area (Å²) in [5.74, 6) is -3.74. The van der Waals surface area contributed by atoms with Crippen molar-refractivity contribution in [3.8, 4) is 0 Å². The summed E-state index contributed by atoms with van der Waals surface area (Å²) in [6, 6.07) is 16.2. The number of fused-ring (bicyclic) bond motifs is 1. The first-order chi connectivity index (χ1) is 21.2. The van der Waals surface area contributed by atoms with E-state index in [0.29, 0.717) is 34.5 Å². The van der Waals surface area contributed by atoms with Crippen molar-refractivity contribution in [1.29, 1.82) is 0 Å². The third kappa shape index (κ3) is 6.45. The summed E-state index contributed by atoms with van der Waals surface area (Å²) in [5.41, 5.74) is -1.39. The first-order valence-electron chi connectivity index (χ1n) is 14.2. The van der Waals surface area contributed by atoms with Crippen molar-refractivity contribution in [2.24, 2.45) is 11.8 Å². The number of benzene rings is 3. The predicted molar refractivity (Wildman–Crippen MR) is 154 cm³/mol. The van der Waals surface area contributed by atoms with Gasteiger partial charge in [0.05, 0.1) is 17.2 Å². The lowest BCUT2D eigenvalue weighted by Gasteiger charge is -2.23. The van der Waals surface area contributed by atoms with Crippen molar-refractivity contribution in [2.75, 3.05) is 6.54 Å². The molecule has 2 heterocycles. The Hall–Kier alpha value is -4.61. The quantitative estimate of drug-likeness (QED) is 0.151. The smallest absolute Gasteiger partial charge is 0.358 e. The van der Waals surface area contributed by atoms with Gasteiger partial charge in [-0.1, -0.05) is 62.4 Å². The van der Waals surface area contributed by atoms with Gasteiger partial charge < -0.3 is 15.6 Å². The molecule has 1 fully saturated rings. The molecule has 3 N–H and O–H groups in total. The molecule has 3 unspecified atom stereocenters. The molecule has 45 heavy (non-hydrogen) atoms. The number of hydrogen-bond donors (Lipinski definition) is 3. The monoisotopic (exact) mass is 629 g/mol. The molecule has 1 aliphatic heterocycles. The number of aromatic nitrogens is 1. The molecule has 236 valence electrons. The lowest BCUT2D eigenvalue weighted by molar-refractivity contribution is -0.143. The molecule has 2 amide bonds. The van der Waals surface area contributed by atoms with E-state index in [9.17, 15) is 40.7 Å². The van der Waals surface area contributed by atoms with Crippen LogP contribution >= 0.6 is 0 Å². The fraction of sp³-hybridized carbons (Fsp3) is 0.303. The van der Waals surface area contributed by atoms with E-state index in [1.165, 1.54) is 0 Å². The van der Waals surface area contributed by atoms with Gasteiger partial charge in [-0.15, -0.1) is 0 Å². The molecule has 0 bridgehead atoms. The Labute approximate surface area is 254 Å². The molecular formula is C33H29F6N3O3. The lowest BCUT2D eigenvalue weighted by Crippen LogP contribution is -2.34. The molecule has 1 aromatic heterocycles. The zero-order valence-corrected chi connectivity index (χ0v) is 24.1. The summed E-state index contributed by atoms with van der Waals surface area (Å²) >= 11 is 0. The van der Waals surface area contributed by atoms with Crippen LogP contribution in [0.25, 0.3) is 10.9 Å². The third-order valence-electron chi connectivity index (χ3n) is 8.02. The number of alkyl halides is 6. The zero-order chi connectivity index (χ0) is 32.7. The van der Waals surface area contributed by atoms with E-state index in [-0.39, 0.29) is 30.7 Å². The van der Waals surface area contributed by atoms with Crippen molar-refractivity contribution in [2.45, 2.75) is 44.6 Å². The van der Waals surface area contributed by atoms with Gasteiger partial charge in [0.2, 0.25) is 5.91 Å². The molecule has 1 saturated heterocycles. The number of halogens is 6. The summed E-state index contributed by atoms with van der Waals surface area (Å²) in [6.45, 7) is 3.51. The van der Waals surface area contributed by atoms with Crippen LogP contribution in [0.2, 0.25) is 0 Å². The minimum Gasteiger partial charge on any atom is -0.358 e. The summed E-state index contributed by atoms with van der Waals surface area (Å²) in [6.07, 6.45) is -10.1. The first-order valence-corrected chi connectivity index (χ1v) is 14.2. The van der Waals surface area contributed by atoms with Gasteiger partial charge in [-0.25, -0.2) is 0 Å². The molecule has 12 heteroatoms. The van der Waals surface area contributed by atoms with E-state index in [4.69, 9.17) is 0 Å². The predicted octanol–water partition coefficient (Wildman–Crippen LogP) is 6.65. The van der Waals surface area contributed by atoms with Crippen LogP contribution in [0, 0.1) is 11.8 Å². The van der Waals surface area contributed by atoms with E-state index in [1.807, 2.05) is 19.9 Å². The molecule has 0 spiro atoms. The summed E-state index contributed by atoms with van der Waals surface area (Å²) in [4.78, 5) is 43.1. The number of rotatable bonds is 8. The van der Waals surface area contributed by atoms with Crippen LogP contribution in [-0.2, 0) is 28.4 Å².